The van der Waals surface area contributed by atoms with Gasteiger partial charge in [0.2, 0.25) is 0 Å². The van der Waals surface area contributed by atoms with Crippen LogP contribution in [-0.2, 0) is 12.8 Å². The molecule has 2 heterocycles. The molecule has 0 saturated carbocycles. The van der Waals surface area contributed by atoms with E-state index in [1.165, 1.54) is 17.8 Å². The van der Waals surface area contributed by atoms with Gasteiger partial charge in [0.25, 0.3) is 0 Å². The number of aromatic nitrogens is 1. The summed E-state index contributed by atoms with van der Waals surface area (Å²) in [5.74, 6) is 1.51. The Labute approximate surface area is 196 Å². The zero-order chi connectivity index (χ0) is 23.5. The molecule has 0 spiro atoms. The van der Waals surface area contributed by atoms with Gasteiger partial charge >= 0.3 is 6.18 Å². The van der Waals surface area contributed by atoms with Crippen molar-refractivity contribution in [2.45, 2.75) is 12.8 Å². The fraction of sp³-hybridized carbons (Fsp3) is 0.222. The van der Waals surface area contributed by atoms with Crippen LogP contribution in [0, 0.1) is 0 Å². The summed E-state index contributed by atoms with van der Waals surface area (Å²) in [6, 6.07) is 25.2. The first kappa shape index (κ1) is 22.1. The standard InChI is InChI=1S/C27H24F3N3O/c28-27(29,30)22-12-9-20(10-13-22)19-34-24-8-4-5-21-11-14-25(31-26(21)24)33-17-15-32(16-18-33)23-6-2-1-3-7-23/h1-14H,15-19H2. The zero-order valence-electron chi connectivity index (χ0n) is 18.5. The molecular formula is C27H24F3N3O. The van der Waals surface area contributed by atoms with E-state index in [2.05, 4.69) is 34.1 Å². The minimum atomic E-state index is -4.35. The second kappa shape index (κ2) is 9.25. The minimum Gasteiger partial charge on any atom is -0.487 e. The van der Waals surface area contributed by atoms with Crippen LogP contribution in [0.25, 0.3) is 10.9 Å². The zero-order valence-corrected chi connectivity index (χ0v) is 18.5. The maximum Gasteiger partial charge on any atom is 0.416 e. The second-order valence-corrected chi connectivity index (χ2v) is 8.29. The van der Waals surface area contributed by atoms with Gasteiger partial charge in [-0.2, -0.15) is 13.2 Å². The molecule has 0 atom stereocenters. The Morgan fingerprint density at radius 1 is 0.735 bits per heavy atom. The van der Waals surface area contributed by atoms with Crippen LogP contribution >= 0.6 is 0 Å². The van der Waals surface area contributed by atoms with Gasteiger partial charge in [0.15, 0.2) is 0 Å². The van der Waals surface area contributed by atoms with Crippen molar-refractivity contribution in [3.63, 3.8) is 0 Å². The first-order valence-corrected chi connectivity index (χ1v) is 11.2. The normalized spacial score (nSPS) is 14.4. The van der Waals surface area contributed by atoms with E-state index in [0.29, 0.717) is 11.3 Å². The maximum absolute atomic E-state index is 12.8. The molecule has 0 radical (unpaired) electrons. The molecule has 1 aliphatic heterocycles. The van der Waals surface area contributed by atoms with Crippen molar-refractivity contribution in [1.82, 2.24) is 4.98 Å². The number of rotatable bonds is 5. The van der Waals surface area contributed by atoms with Crippen LogP contribution in [0.5, 0.6) is 5.75 Å². The van der Waals surface area contributed by atoms with Crippen LogP contribution in [0.1, 0.15) is 11.1 Å². The van der Waals surface area contributed by atoms with Crippen LogP contribution in [0.4, 0.5) is 24.7 Å². The van der Waals surface area contributed by atoms with Crippen molar-refractivity contribution in [3.8, 4) is 5.75 Å². The summed E-state index contributed by atoms with van der Waals surface area (Å²) in [6.45, 7) is 3.72. The van der Waals surface area contributed by atoms with Gasteiger partial charge in [-0.05, 0) is 48.0 Å². The van der Waals surface area contributed by atoms with Gasteiger partial charge in [-0.1, -0.05) is 42.5 Å². The molecule has 34 heavy (non-hydrogen) atoms. The predicted molar refractivity (Wildman–Crippen MR) is 128 cm³/mol. The average Bonchev–Trinajstić information content (AvgIpc) is 2.87. The molecule has 5 rings (SSSR count). The van der Waals surface area contributed by atoms with Crippen molar-refractivity contribution < 1.29 is 17.9 Å². The lowest BCUT2D eigenvalue weighted by Gasteiger charge is -2.36. The highest BCUT2D eigenvalue weighted by atomic mass is 19.4. The number of fused-ring (bicyclic) bond motifs is 1. The van der Waals surface area contributed by atoms with Crippen molar-refractivity contribution >= 4 is 22.4 Å². The van der Waals surface area contributed by atoms with Gasteiger partial charge in [-0.25, -0.2) is 4.98 Å². The smallest absolute Gasteiger partial charge is 0.416 e. The SMILES string of the molecule is FC(F)(F)c1ccc(COc2cccc3ccc(N4CCN(c5ccccc5)CC4)nc23)cc1. The summed E-state index contributed by atoms with van der Waals surface area (Å²) in [7, 11) is 0. The Hall–Kier alpha value is -3.74. The van der Waals surface area contributed by atoms with Crippen LogP contribution in [-0.4, -0.2) is 31.2 Å². The Morgan fingerprint density at radius 3 is 2.15 bits per heavy atom. The lowest BCUT2D eigenvalue weighted by atomic mass is 10.1. The summed E-state index contributed by atoms with van der Waals surface area (Å²) in [5.41, 5.74) is 1.98. The van der Waals surface area contributed by atoms with Crippen LogP contribution < -0.4 is 14.5 Å². The first-order chi connectivity index (χ1) is 16.5. The molecule has 1 saturated heterocycles. The van der Waals surface area contributed by atoms with Gasteiger partial charge in [-0.3, -0.25) is 0 Å². The number of alkyl halides is 3. The quantitative estimate of drug-likeness (QED) is 0.355. The van der Waals surface area contributed by atoms with Crippen LogP contribution in [0.3, 0.4) is 0 Å². The third-order valence-corrected chi connectivity index (χ3v) is 6.07. The third-order valence-electron chi connectivity index (χ3n) is 6.07. The highest BCUT2D eigenvalue weighted by molar-refractivity contribution is 5.86. The van der Waals surface area contributed by atoms with E-state index < -0.39 is 11.7 Å². The highest BCUT2D eigenvalue weighted by Gasteiger charge is 2.30. The number of hydrogen-bond donors (Lipinski definition) is 0. The van der Waals surface area contributed by atoms with E-state index in [1.807, 2.05) is 36.4 Å². The fourth-order valence-corrected chi connectivity index (χ4v) is 4.19. The molecule has 0 unspecified atom stereocenters. The van der Waals surface area contributed by atoms with Crippen LogP contribution in [0.15, 0.2) is 84.9 Å². The van der Waals surface area contributed by atoms with Gasteiger partial charge in [0, 0.05) is 37.3 Å². The van der Waals surface area contributed by atoms with Crippen molar-refractivity contribution in [3.05, 3.63) is 96.1 Å². The Morgan fingerprint density at radius 2 is 1.44 bits per heavy atom. The van der Waals surface area contributed by atoms with E-state index in [1.54, 1.807) is 0 Å². The predicted octanol–water partition coefficient (Wildman–Crippen LogP) is 6.16. The topological polar surface area (TPSA) is 28.6 Å². The number of nitrogens with zero attached hydrogens (tertiary/aromatic N) is 3. The third kappa shape index (κ3) is 4.78. The van der Waals surface area contributed by atoms with E-state index in [9.17, 15) is 13.2 Å². The molecule has 0 bridgehead atoms. The molecule has 4 nitrogen and oxygen atoms in total. The molecule has 7 heteroatoms. The summed E-state index contributed by atoms with van der Waals surface area (Å²) in [6.07, 6.45) is -4.35. The number of halogens is 3. The number of pyridine rings is 1. The number of benzene rings is 3. The van der Waals surface area contributed by atoms with Gasteiger partial charge in [0.1, 0.15) is 23.7 Å². The molecule has 3 aromatic carbocycles. The molecule has 1 aliphatic rings. The van der Waals surface area contributed by atoms with E-state index in [4.69, 9.17) is 9.72 Å². The summed E-state index contributed by atoms with van der Waals surface area (Å²) >= 11 is 0. The molecular weight excluding hydrogens is 439 g/mol. The second-order valence-electron chi connectivity index (χ2n) is 8.29. The number of hydrogen-bond acceptors (Lipinski definition) is 4. The fourth-order valence-electron chi connectivity index (χ4n) is 4.19. The summed E-state index contributed by atoms with van der Waals surface area (Å²) in [5, 5.41) is 0.955. The molecule has 174 valence electrons. The van der Waals surface area contributed by atoms with Crippen LogP contribution in [0.2, 0.25) is 0 Å². The van der Waals surface area contributed by atoms with Crippen molar-refractivity contribution in [1.29, 1.82) is 0 Å². The number of ether oxygens (including phenoxy) is 1. The number of anilines is 2. The number of piperazine rings is 1. The summed E-state index contributed by atoms with van der Waals surface area (Å²) in [4.78, 5) is 9.53. The molecule has 1 aromatic heterocycles. The monoisotopic (exact) mass is 463 g/mol. The van der Waals surface area contributed by atoms with Gasteiger partial charge in [-0.15, -0.1) is 0 Å². The molecule has 0 aliphatic carbocycles. The molecule has 4 aromatic rings. The van der Waals surface area contributed by atoms with Gasteiger partial charge in [0.05, 0.1) is 5.56 Å². The first-order valence-electron chi connectivity index (χ1n) is 11.2. The van der Waals surface area contributed by atoms with Gasteiger partial charge < -0.3 is 14.5 Å². The summed E-state index contributed by atoms with van der Waals surface area (Å²) < 4.78 is 44.4. The lowest BCUT2D eigenvalue weighted by molar-refractivity contribution is -0.137. The molecule has 1 fully saturated rings. The Kier molecular flexibility index (Phi) is 6.01. The Bertz CT molecular complexity index is 1250. The van der Waals surface area contributed by atoms with E-state index >= 15 is 0 Å². The highest BCUT2D eigenvalue weighted by Crippen LogP contribution is 2.30. The maximum atomic E-state index is 12.8. The molecule has 0 N–H and O–H groups in total. The Balaban J connectivity index is 1.30. The minimum absolute atomic E-state index is 0.166. The lowest BCUT2D eigenvalue weighted by Crippen LogP contribution is -2.46. The largest absolute Gasteiger partial charge is 0.487 e. The van der Waals surface area contributed by atoms with E-state index in [0.717, 1.165) is 55.0 Å². The number of para-hydroxylation sites is 2. The van der Waals surface area contributed by atoms with E-state index in [-0.39, 0.29) is 6.61 Å². The van der Waals surface area contributed by atoms with Crippen molar-refractivity contribution in [2.24, 2.45) is 0 Å². The average molecular weight is 464 g/mol. The molecule has 0 amide bonds. The van der Waals surface area contributed by atoms with Crippen molar-refractivity contribution in [2.75, 3.05) is 36.0 Å².